The minimum atomic E-state index is -0.262. The Morgan fingerprint density at radius 3 is 2.48 bits per heavy atom. The van der Waals surface area contributed by atoms with Crippen LogP contribution < -0.4 is 5.73 Å². The first-order chi connectivity index (χ1) is 15.0. The number of carbonyl (C=O) groups excluding carboxylic acids is 2. The van der Waals surface area contributed by atoms with E-state index in [2.05, 4.69) is 34.9 Å². The van der Waals surface area contributed by atoms with E-state index in [1.54, 1.807) is 0 Å². The number of benzene rings is 2. The van der Waals surface area contributed by atoms with Crippen molar-refractivity contribution < 1.29 is 9.59 Å². The Balaban J connectivity index is 1.48. The van der Waals surface area contributed by atoms with Gasteiger partial charge in [-0.1, -0.05) is 54.2 Å². The molecule has 1 unspecified atom stereocenters. The van der Waals surface area contributed by atoms with Crippen LogP contribution in [-0.2, 0) is 22.6 Å². The Labute approximate surface area is 186 Å². The molecule has 1 fully saturated rings. The number of para-hydroxylation sites is 2. The third-order valence-corrected chi connectivity index (χ3v) is 7.00. The highest BCUT2D eigenvalue weighted by Gasteiger charge is 2.29. The molecule has 162 valence electrons. The smallest absolute Gasteiger partial charge is 0.235 e. The second-order valence-corrected chi connectivity index (χ2v) is 9.34. The maximum absolute atomic E-state index is 13.0. The van der Waals surface area contributed by atoms with Gasteiger partial charge in [-0.15, -0.1) is 0 Å². The molecular weight excluding hydrogens is 408 g/mol. The molecule has 1 aliphatic rings. The number of aromatic nitrogens is 2. The highest BCUT2D eigenvalue weighted by molar-refractivity contribution is 8.00. The van der Waals surface area contributed by atoms with Crippen molar-refractivity contribution in [3.63, 3.8) is 0 Å². The van der Waals surface area contributed by atoms with Crippen LogP contribution in [0.15, 0.2) is 59.8 Å². The van der Waals surface area contributed by atoms with Gasteiger partial charge in [-0.3, -0.25) is 9.59 Å². The van der Waals surface area contributed by atoms with E-state index in [1.807, 2.05) is 36.1 Å². The van der Waals surface area contributed by atoms with Gasteiger partial charge in [0.1, 0.15) is 0 Å². The molecule has 0 saturated carbocycles. The van der Waals surface area contributed by atoms with Crippen LogP contribution in [0.25, 0.3) is 11.0 Å². The standard InChI is InChI=1S/C24H28N4O2S/c1-17(23(30)27-14-12-19(13-15-27)22(25)29)31-24-26-20-9-5-6-10-21(20)28(24)16-11-18-7-3-2-4-8-18/h2-10,17,19H,11-16H2,1H3,(H2,25,29). The van der Waals surface area contributed by atoms with Crippen LogP contribution in [0.4, 0.5) is 0 Å². The van der Waals surface area contributed by atoms with Gasteiger partial charge < -0.3 is 15.2 Å². The van der Waals surface area contributed by atoms with Gasteiger partial charge in [-0.2, -0.15) is 0 Å². The molecule has 2 N–H and O–H groups in total. The molecule has 1 aromatic heterocycles. The summed E-state index contributed by atoms with van der Waals surface area (Å²) in [4.78, 5) is 31.1. The monoisotopic (exact) mass is 436 g/mol. The van der Waals surface area contributed by atoms with Crippen molar-refractivity contribution >= 4 is 34.6 Å². The van der Waals surface area contributed by atoms with Gasteiger partial charge in [-0.05, 0) is 43.9 Å². The van der Waals surface area contributed by atoms with Crippen molar-refractivity contribution in [1.29, 1.82) is 0 Å². The first-order valence-corrected chi connectivity index (χ1v) is 11.6. The number of carbonyl (C=O) groups is 2. The molecule has 0 bridgehead atoms. The molecular formula is C24H28N4O2S. The minimum Gasteiger partial charge on any atom is -0.369 e. The number of hydrogen-bond donors (Lipinski definition) is 1. The van der Waals surface area contributed by atoms with E-state index < -0.39 is 0 Å². The normalized spacial score (nSPS) is 15.8. The number of primary amides is 1. The van der Waals surface area contributed by atoms with Crippen LogP contribution in [0.2, 0.25) is 0 Å². The van der Waals surface area contributed by atoms with Gasteiger partial charge in [0, 0.05) is 25.6 Å². The lowest BCUT2D eigenvalue weighted by Crippen LogP contribution is -2.44. The van der Waals surface area contributed by atoms with Crippen molar-refractivity contribution in [3.05, 3.63) is 60.2 Å². The number of likely N-dealkylation sites (tertiary alicyclic amines) is 1. The summed E-state index contributed by atoms with van der Waals surface area (Å²) in [5, 5.41) is 0.613. The molecule has 6 nitrogen and oxygen atoms in total. The summed E-state index contributed by atoms with van der Waals surface area (Å²) in [5.41, 5.74) is 8.72. The highest BCUT2D eigenvalue weighted by atomic mass is 32.2. The second-order valence-electron chi connectivity index (χ2n) is 8.03. The number of thioether (sulfide) groups is 1. The SMILES string of the molecule is CC(Sc1nc2ccccc2n1CCc1ccccc1)C(=O)N1CCC(C(N)=O)CC1. The predicted molar refractivity (Wildman–Crippen MR) is 124 cm³/mol. The minimum absolute atomic E-state index is 0.0922. The predicted octanol–water partition coefficient (Wildman–Crippen LogP) is 3.48. The Hall–Kier alpha value is -2.80. The van der Waals surface area contributed by atoms with Gasteiger partial charge in [0.05, 0.1) is 16.3 Å². The Kier molecular flexibility index (Phi) is 6.61. The lowest BCUT2D eigenvalue weighted by Gasteiger charge is -2.32. The van der Waals surface area contributed by atoms with Gasteiger partial charge in [0.15, 0.2) is 5.16 Å². The van der Waals surface area contributed by atoms with E-state index in [-0.39, 0.29) is 23.0 Å². The molecule has 2 amide bonds. The van der Waals surface area contributed by atoms with Crippen LogP contribution >= 0.6 is 11.8 Å². The summed E-state index contributed by atoms with van der Waals surface area (Å²) in [5.74, 6) is -0.287. The molecule has 0 spiro atoms. The van der Waals surface area contributed by atoms with Crippen molar-refractivity contribution in [1.82, 2.24) is 14.5 Å². The number of piperidine rings is 1. The van der Waals surface area contributed by atoms with E-state index in [0.29, 0.717) is 25.9 Å². The lowest BCUT2D eigenvalue weighted by molar-refractivity contribution is -0.134. The van der Waals surface area contributed by atoms with Crippen molar-refractivity contribution in [3.8, 4) is 0 Å². The third-order valence-electron chi connectivity index (χ3n) is 5.93. The molecule has 4 rings (SSSR count). The molecule has 1 saturated heterocycles. The lowest BCUT2D eigenvalue weighted by atomic mass is 9.96. The number of nitrogens with zero attached hydrogens (tertiary/aromatic N) is 3. The summed E-state index contributed by atoms with van der Waals surface area (Å²) in [6.07, 6.45) is 2.19. The van der Waals surface area contributed by atoms with Crippen LogP contribution in [0.3, 0.4) is 0 Å². The van der Waals surface area contributed by atoms with Crippen LogP contribution in [-0.4, -0.2) is 44.6 Å². The topological polar surface area (TPSA) is 81.2 Å². The quantitative estimate of drug-likeness (QED) is 0.575. The summed E-state index contributed by atoms with van der Waals surface area (Å²) >= 11 is 1.51. The number of rotatable bonds is 7. The summed E-state index contributed by atoms with van der Waals surface area (Å²) < 4.78 is 2.22. The third kappa shape index (κ3) is 4.93. The second kappa shape index (κ2) is 9.56. The van der Waals surface area contributed by atoms with Crippen LogP contribution in [0.1, 0.15) is 25.3 Å². The van der Waals surface area contributed by atoms with Gasteiger partial charge >= 0.3 is 0 Å². The molecule has 7 heteroatoms. The summed E-state index contributed by atoms with van der Waals surface area (Å²) in [7, 11) is 0. The Morgan fingerprint density at radius 2 is 1.77 bits per heavy atom. The van der Waals surface area contributed by atoms with E-state index in [0.717, 1.165) is 29.2 Å². The number of amides is 2. The van der Waals surface area contributed by atoms with E-state index >= 15 is 0 Å². The van der Waals surface area contributed by atoms with Crippen molar-refractivity contribution in [2.45, 2.75) is 43.1 Å². The van der Waals surface area contributed by atoms with Gasteiger partial charge in [0.2, 0.25) is 11.8 Å². The highest BCUT2D eigenvalue weighted by Crippen LogP contribution is 2.29. The van der Waals surface area contributed by atoms with E-state index in [9.17, 15) is 9.59 Å². The van der Waals surface area contributed by atoms with E-state index in [4.69, 9.17) is 10.7 Å². The maximum Gasteiger partial charge on any atom is 0.235 e. The fourth-order valence-corrected chi connectivity index (χ4v) is 5.13. The van der Waals surface area contributed by atoms with Gasteiger partial charge in [0.25, 0.3) is 0 Å². The molecule has 2 heterocycles. The zero-order valence-electron chi connectivity index (χ0n) is 17.7. The summed E-state index contributed by atoms with van der Waals surface area (Å²) in [6, 6.07) is 18.5. The molecule has 0 radical (unpaired) electrons. The Bertz CT molecular complexity index is 1060. The average Bonchev–Trinajstić information content (AvgIpc) is 3.14. The van der Waals surface area contributed by atoms with Crippen molar-refractivity contribution in [2.24, 2.45) is 11.7 Å². The zero-order valence-corrected chi connectivity index (χ0v) is 18.6. The van der Waals surface area contributed by atoms with Crippen molar-refractivity contribution in [2.75, 3.05) is 13.1 Å². The molecule has 3 aromatic rings. The first kappa shape index (κ1) is 21.4. The number of hydrogen-bond acceptors (Lipinski definition) is 4. The molecule has 31 heavy (non-hydrogen) atoms. The molecule has 1 atom stereocenters. The fourth-order valence-electron chi connectivity index (χ4n) is 4.10. The summed E-state index contributed by atoms with van der Waals surface area (Å²) in [6.45, 7) is 3.91. The van der Waals surface area contributed by atoms with Gasteiger partial charge in [-0.25, -0.2) is 4.98 Å². The zero-order chi connectivity index (χ0) is 21.8. The molecule has 0 aliphatic carbocycles. The van der Waals surface area contributed by atoms with E-state index in [1.165, 1.54) is 17.3 Å². The largest absolute Gasteiger partial charge is 0.369 e. The number of aryl methyl sites for hydroxylation is 2. The van der Waals surface area contributed by atoms with Crippen LogP contribution in [0.5, 0.6) is 0 Å². The Morgan fingerprint density at radius 1 is 1.10 bits per heavy atom. The number of nitrogens with two attached hydrogens (primary N) is 1. The first-order valence-electron chi connectivity index (χ1n) is 10.8. The molecule has 2 aromatic carbocycles. The molecule has 1 aliphatic heterocycles. The number of fused-ring (bicyclic) bond motifs is 1. The average molecular weight is 437 g/mol. The van der Waals surface area contributed by atoms with Crippen LogP contribution in [0, 0.1) is 5.92 Å². The maximum atomic E-state index is 13.0. The fraction of sp³-hybridized carbons (Fsp3) is 0.375. The number of imidazole rings is 1.